The molecule has 0 fully saturated rings. The van der Waals surface area contributed by atoms with Crippen molar-refractivity contribution in [1.29, 1.82) is 0 Å². The van der Waals surface area contributed by atoms with Crippen molar-refractivity contribution in [2.75, 3.05) is 10.6 Å². The van der Waals surface area contributed by atoms with Crippen LogP contribution in [0.5, 0.6) is 5.75 Å². The summed E-state index contributed by atoms with van der Waals surface area (Å²) in [6.07, 6.45) is 1.62. The molecule has 0 atom stereocenters. The van der Waals surface area contributed by atoms with Crippen molar-refractivity contribution in [3.8, 4) is 5.75 Å². The number of pyridine rings is 1. The Bertz CT molecular complexity index is 1070. The molecule has 2 aromatic carbocycles. The van der Waals surface area contributed by atoms with E-state index in [0.717, 1.165) is 5.56 Å². The normalized spacial score (nSPS) is 10.3. The zero-order valence-electron chi connectivity index (χ0n) is 15.2. The number of rotatable bonds is 5. The molecule has 0 bridgehead atoms. The van der Waals surface area contributed by atoms with Crippen molar-refractivity contribution >= 4 is 23.2 Å². The number of carbonyl (C=O) groups excluding carboxylic acids is 2. The molecule has 7 heteroatoms. The summed E-state index contributed by atoms with van der Waals surface area (Å²) >= 11 is 0. The third-order valence-electron chi connectivity index (χ3n) is 4.03. The van der Waals surface area contributed by atoms with E-state index in [1.54, 1.807) is 54.7 Å². The third-order valence-corrected chi connectivity index (χ3v) is 4.03. The molecular weight excluding hydrogens is 358 g/mol. The first-order valence-electron chi connectivity index (χ1n) is 8.59. The van der Waals surface area contributed by atoms with Gasteiger partial charge < -0.3 is 20.3 Å². The largest absolute Gasteiger partial charge is 0.506 e. The molecule has 0 saturated heterocycles. The highest BCUT2D eigenvalue weighted by Crippen LogP contribution is 2.22. The van der Waals surface area contributed by atoms with Gasteiger partial charge in [0.05, 0.1) is 5.69 Å². The van der Waals surface area contributed by atoms with Crippen molar-refractivity contribution in [3.63, 3.8) is 0 Å². The summed E-state index contributed by atoms with van der Waals surface area (Å²) in [5.41, 5.74) is 1.82. The van der Waals surface area contributed by atoms with Crippen LogP contribution < -0.4 is 16.2 Å². The van der Waals surface area contributed by atoms with Crippen molar-refractivity contribution in [2.24, 2.45) is 0 Å². The van der Waals surface area contributed by atoms with E-state index >= 15 is 0 Å². The molecule has 1 heterocycles. The van der Waals surface area contributed by atoms with Crippen LogP contribution in [0.1, 0.15) is 15.9 Å². The Hall–Kier alpha value is -3.87. The van der Waals surface area contributed by atoms with Gasteiger partial charge in [-0.15, -0.1) is 0 Å². The van der Waals surface area contributed by atoms with Gasteiger partial charge in [-0.25, -0.2) is 0 Å². The Balaban J connectivity index is 1.63. The van der Waals surface area contributed by atoms with Crippen LogP contribution in [0.4, 0.5) is 11.4 Å². The maximum Gasteiger partial charge on any atom is 0.255 e. The highest BCUT2D eigenvalue weighted by Gasteiger charge is 2.10. The fourth-order valence-electron chi connectivity index (χ4n) is 2.61. The highest BCUT2D eigenvalue weighted by atomic mass is 16.3. The summed E-state index contributed by atoms with van der Waals surface area (Å²) in [4.78, 5) is 36.2. The van der Waals surface area contributed by atoms with Crippen LogP contribution in [0.2, 0.25) is 0 Å². The maximum atomic E-state index is 12.3. The summed E-state index contributed by atoms with van der Waals surface area (Å²) in [7, 11) is 0. The fraction of sp³-hybridized carbons (Fsp3) is 0.0952. The van der Waals surface area contributed by atoms with Gasteiger partial charge in [-0.3, -0.25) is 14.4 Å². The van der Waals surface area contributed by atoms with Crippen molar-refractivity contribution in [3.05, 3.63) is 88.3 Å². The molecule has 1 aromatic heterocycles. The Morgan fingerprint density at radius 2 is 1.68 bits per heavy atom. The topological polar surface area (TPSA) is 100 Å². The number of para-hydroxylation sites is 2. The number of aryl methyl sites for hydroxylation is 1. The average Bonchev–Trinajstić information content (AvgIpc) is 2.67. The summed E-state index contributed by atoms with van der Waals surface area (Å²) in [5, 5.41) is 15.0. The number of anilines is 2. The van der Waals surface area contributed by atoms with Gasteiger partial charge in [0.15, 0.2) is 0 Å². The van der Waals surface area contributed by atoms with E-state index in [2.05, 4.69) is 10.6 Å². The zero-order chi connectivity index (χ0) is 20.1. The molecule has 142 valence electrons. The number of aromatic nitrogens is 1. The minimum absolute atomic E-state index is 0.0221. The van der Waals surface area contributed by atoms with Crippen LogP contribution in [-0.4, -0.2) is 21.5 Å². The van der Waals surface area contributed by atoms with Gasteiger partial charge >= 0.3 is 0 Å². The van der Waals surface area contributed by atoms with Gasteiger partial charge in [-0.2, -0.15) is 0 Å². The number of benzene rings is 2. The molecule has 0 aliphatic heterocycles. The molecule has 28 heavy (non-hydrogen) atoms. The van der Waals surface area contributed by atoms with E-state index in [4.69, 9.17) is 0 Å². The second kappa shape index (κ2) is 8.22. The predicted octanol–water partition coefficient (Wildman–Crippen LogP) is 2.75. The number of hydrogen-bond acceptors (Lipinski definition) is 4. The van der Waals surface area contributed by atoms with Gasteiger partial charge in [0.25, 0.3) is 11.5 Å². The van der Waals surface area contributed by atoms with E-state index < -0.39 is 0 Å². The van der Waals surface area contributed by atoms with Gasteiger partial charge in [-0.1, -0.05) is 18.2 Å². The Morgan fingerprint density at radius 1 is 0.964 bits per heavy atom. The maximum absolute atomic E-state index is 12.3. The first-order chi connectivity index (χ1) is 13.4. The van der Waals surface area contributed by atoms with Crippen molar-refractivity contribution in [1.82, 2.24) is 4.57 Å². The molecule has 0 unspecified atom stereocenters. The van der Waals surface area contributed by atoms with E-state index in [9.17, 15) is 19.5 Å². The van der Waals surface area contributed by atoms with E-state index in [0.29, 0.717) is 16.9 Å². The third kappa shape index (κ3) is 4.64. The summed E-state index contributed by atoms with van der Waals surface area (Å²) < 4.78 is 1.33. The molecule has 0 radical (unpaired) electrons. The smallest absolute Gasteiger partial charge is 0.255 e. The second-order valence-corrected chi connectivity index (χ2v) is 6.27. The molecular formula is C21H19N3O4. The number of aromatic hydroxyl groups is 1. The highest BCUT2D eigenvalue weighted by molar-refractivity contribution is 6.05. The van der Waals surface area contributed by atoms with Crippen molar-refractivity contribution < 1.29 is 14.7 Å². The molecule has 0 spiro atoms. The molecule has 0 saturated carbocycles. The summed E-state index contributed by atoms with van der Waals surface area (Å²) in [6.45, 7) is 1.74. The fourth-order valence-corrected chi connectivity index (χ4v) is 2.61. The molecule has 3 aromatic rings. The van der Waals surface area contributed by atoms with E-state index in [-0.39, 0.29) is 29.7 Å². The number of carbonyl (C=O) groups is 2. The minimum Gasteiger partial charge on any atom is -0.506 e. The van der Waals surface area contributed by atoms with Gasteiger partial charge in [-0.05, 0) is 48.9 Å². The van der Waals surface area contributed by atoms with Gasteiger partial charge in [0, 0.05) is 23.5 Å². The Kier molecular flexibility index (Phi) is 5.55. The van der Waals surface area contributed by atoms with Crippen LogP contribution in [0.15, 0.2) is 71.7 Å². The second-order valence-electron chi connectivity index (χ2n) is 6.27. The standard InChI is InChI=1S/C21H19N3O4/c1-14-6-11-20(27)24(12-14)13-19(26)22-16-9-7-15(8-10-16)21(28)23-17-4-2-3-5-18(17)25/h2-12,25H,13H2,1H3,(H,22,26)(H,23,28). The minimum atomic E-state index is -0.384. The predicted molar refractivity (Wildman–Crippen MR) is 107 cm³/mol. The Morgan fingerprint density at radius 3 is 2.39 bits per heavy atom. The first-order valence-corrected chi connectivity index (χ1v) is 8.59. The number of hydrogen-bond donors (Lipinski definition) is 3. The lowest BCUT2D eigenvalue weighted by atomic mass is 10.2. The summed E-state index contributed by atoms with van der Waals surface area (Å²) in [6, 6.07) is 15.8. The molecule has 3 rings (SSSR count). The summed E-state index contributed by atoms with van der Waals surface area (Å²) in [5.74, 6) is -0.754. The van der Waals surface area contributed by atoms with Crippen LogP contribution in [0.3, 0.4) is 0 Å². The molecule has 0 aliphatic rings. The van der Waals surface area contributed by atoms with Crippen LogP contribution in [-0.2, 0) is 11.3 Å². The van der Waals surface area contributed by atoms with Crippen molar-refractivity contribution in [2.45, 2.75) is 13.5 Å². The number of phenols is 1. The van der Waals surface area contributed by atoms with Gasteiger partial charge in [0.2, 0.25) is 5.91 Å². The lowest BCUT2D eigenvalue weighted by molar-refractivity contribution is -0.116. The number of phenolic OH excluding ortho intramolecular Hbond substituents is 1. The monoisotopic (exact) mass is 377 g/mol. The molecule has 0 aliphatic carbocycles. The first kappa shape index (κ1) is 18.9. The number of nitrogens with zero attached hydrogens (tertiary/aromatic N) is 1. The van der Waals surface area contributed by atoms with Gasteiger partial charge in [0.1, 0.15) is 12.3 Å². The number of nitrogens with one attached hydrogen (secondary N) is 2. The Labute approximate surface area is 161 Å². The molecule has 7 nitrogen and oxygen atoms in total. The average molecular weight is 377 g/mol. The lowest BCUT2D eigenvalue weighted by Gasteiger charge is -2.09. The van der Waals surface area contributed by atoms with E-state index in [1.807, 2.05) is 6.92 Å². The van der Waals surface area contributed by atoms with Crippen LogP contribution in [0.25, 0.3) is 0 Å². The van der Waals surface area contributed by atoms with Crippen LogP contribution in [0, 0.1) is 6.92 Å². The lowest BCUT2D eigenvalue weighted by Crippen LogP contribution is -2.26. The van der Waals surface area contributed by atoms with E-state index in [1.165, 1.54) is 16.7 Å². The SMILES string of the molecule is Cc1ccc(=O)n(CC(=O)Nc2ccc(C(=O)Nc3ccccc3O)cc2)c1. The molecule has 3 N–H and O–H groups in total. The zero-order valence-corrected chi connectivity index (χ0v) is 15.2. The molecule has 2 amide bonds. The van der Waals surface area contributed by atoms with Crippen LogP contribution >= 0.6 is 0 Å². The quantitative estimate of drug-likeness (QED) is 0.595. The number of amides is 2.